The van der Waals surface area contributed by atoms with E-state index in [1.165, 1.54) is 0 Å². The highest BCUT2D eigenvalue weighted by atomic mass is 32.2. The van der Waals surface area contributed by atoms with Crippen LogP contribution in [0.5, 0.6) is 5.75 Å². The average Bonchev–Trinajstić information content (AvgIpc) is 2.54. The van der Waals surface area contributed by atoms with Gasteiger partial charge in [-0.1, -0.05) is 0 Å². The molecule has 5 rings (SSSR count). The van der Waals surface area contributed by atoms with E-state index in [2.05, 4.69) is 5.32 Å². The Bertz CT molecular complexity index is 788. The molecule has 0 aliphatic heterocycles. The number of hydrogen-bond acceptors (Lipinski definition) is 5. The second-order valence-corrected chi connectivity index (χ2v) is 10.5. The van der Waals surface area contributed by atoms with Crippen LogP contribution in [0, 0.1) is 17.8 Å². The van der Waals surface area contributed by atoms with Gasteiger partial charge in [0.2, 0.25) is 0 Å². The number of ether oxygens (including phenoxy) is 1. The molecule has 0 aromatic heterocycles. The maximum atomic E-state index is 12.6. The highest BCUT2D eigenvalue weighted by Crippen LogP contribution is 2.55. The summed E-state index contributed by atoms with van der Waals surface area (Å²) in [5.74, 6) is 1.26. The second kappa shape index (κ2) is 6.23. The molecule has 1 aromatic rings. The minimum atomic E-state index is -3.20. The molecule has 2 atom stereocenters. The number of carbonyl (C=O) groups is 1. The molecule has 7 heteroatoms. The summed E-state index contributed by atoms with van der Waals surface area (Å²) < 4.78 is 27.5. The molecule has 2 unspecified atom stereocenters. The van der Waals surface area contributed by atoms with Gasteiger partial charge in [-0.05, 0) is 74.1 Å². The van der Waals surface area contributed by atoms with Gasteiger partial charge < -0.3 is 15.2 Å². The number of sulfone groups is 1. The Kier molecular flexibility index (Phi) is 4.27. The number of aliphatic hydroxyl groups is 1. The Morgan fingerprint density at radius 2 is 1.81 bits per heavy atom. The molecule has 2 N–H and O–H groups in total. The molecule has 4 bridgehead atoms. The molecule has 4 aliphatic carbocycles. The van der Waals surface area contributed by atoms with Crippen LogP contribution in [-0.4, -0.2) is 43.3 Å². The van der Waals surface area contributed by atoms with Gasteiger partial charge in [-0.2, -0.15) is 0 Å². The van der Waals surface area contributed by atoms with Crippen LogP contribution in [0.15, 0.2) is 24.3 Å². The van der Waals surface area contributed by atoms with Crippen molar-refractivity contribution in [3.05, 3.63) is 29.8 Å². The van der Waals surface area contributed by atoms with Gasteiger partial charge in [0.05, 0.1) is 5.60 Å². The van der Waals surface area contributed by atoms with E-state index in [0.29, 0.717) is 29.1 Å². The molecule has 0 heterocycles. The lowest BCUT2D eigenvalue weighted by Crippen LogP contribution is -2.61. The summed E-state index contributed by atoms with van der Waals surface area (Å²) in [6.07, 6.45) is 5.82. The normalized spacial score (nSPS) is 35.3. The van der Waals surface area contributed by atoms with Crippen LogP contribution in [0.2, 0.25) is 0 Å². The SMILES string of the molecule is CS(=O)(=O)COc1ccc(C(=O)NC2C3CC4CC2CC(O)(C4)C3)cc1. The summed E-state index contributed by atoms with van der Waals surface area (Å²) in [6, 6.07) is 6.66. The Balaban J connectivity index is 1.39. The lowest BCUT2D eigenvalue weighted by atomic mass is 9.52. The van der Waals surface area contributed by atoms with E-state index in [1.807, 2.05) is 0 Å². The third-order valence-corrected chi connectivity index (χ3v) is 6.64. The molecule has 26 heavy (non-hydrogen) atoms. The maximum absolute atomic E-state index is 12.6. The van der Waals surface area contributed by atoms with E-state index in [-0.39, 0.29) is 17.9 Å². The highest BCUT2D eigenvalue weighted by Gasteiger charge is 2.55. The molecule has 4 fully saturated rings. The monoisotopic (exact) mass is 379 g/mol. The van der Waals surface area contributed by atoms with E-state index < -0.39 is 15.4 Å². The molecule has 4 aliphatic rings. The summed E-state index contributed by atoms with van der Waals surface area (Å²) in [6.45, 7) is 0. The Morgan fingerprint density at radius 3 is 2.35 bits per heavy atom. The standard InChI is InChI=1S/C19H25NO5S/c1-26(23,24)11-25-16-4-2-13(3-5-16)18(21)20-17-14-6-12-7-15(17)10-19(22,8-12)9-14/h2-5,12,14-15,17,22H,6-11H2,1H3,(H,20,21). The summed E-state index contributed by atoms with van der Waals surface area (Å²) in [4.78, 5) is 12.6. The van der Waals surface area contributed by atoms with E-state index >= 15 is 0 Å². The number of carbonyl (C=O) groups excluding carboxylic acids is 1. The van der Waals surface area contributed by atoms with Crippen molar-refractivity contribution in [2.24, 2.45) is 17.8 Å². The van der Waals surface area contributed by atoms with E-state index in [9.17, 15) is 18.3 Å². The molecule has 0 spiro atoms. The lowest BCUT2D eigenvalue weighted by molar-refractivity contribution is -0.136. The molecule has 4 saturated carbocycles. The quantitative estimate of drug-likeness (QED) is 0.813. The van der Waals surface area contributed by atoms with Gasteiger partial charge in [-0.25, -0.2) is 8.42 Å². The van der Waals surface area contributed by atoms with E-state index in [1.54, 1.807) is 24.3 Å². The van der Waals surface area contributed by atoms with Crippen LogP contribution >= 0.6 is 0 Å². The van der Waals surface area contributed by atoms with Gasteiger partial charge in [0, 0.05) is 17.9 Å². The van der Waals surface area contributed by atoms with Crippen molar-refractivity contribution in [3.63, 3.8) is 0 Å². The fourth-order valence-corrected chi connectivity index (χ4v) is 5.68. The van der Waals surface area contributed by atoms with Crippen LogP contribution in [0.25, 0.3) is 0 Å². The van der Waals surface area contributed by atoms with Crippen molar-refractivity contribution in [1.29, 1.82) is 0 Å². The molecular formula is C19H25NO5S. The van der Waals surface area contributed by atoms with Crippen molar-refractivity contribution in [2.45, 2.75) is 43.7 Å². The number of amides is 1. The zero-order valence-corrected chi connectivity index (χ0v) is 15.7. The molecule has 6 nitrogen and oxygen atoms in total. The zero-order chi connectivity index (χ0) is 18.5. The predicted octanol–water partition coefficient (Wildman–Crippen LogP) is 1.74. The van der Waals surface area contributed by atoms with Gasteiger partial charge in [-0.15, -0.1) is 0 Å². The third kappa shape index (κ3) is 3.60. The largest absolute Gasteiger partial charge is 0.478 e. The number of rotatable bonds is 5. The van der Waals surface area contributed by atoms with Crippen LogP contribution in [0.3, 0.4) is 0 Å². The molecular weight excluding hydrogens is 354 g/mol. The van der Waals surface area contributed by atoms with Gasteiger partial charge >= 0.3 is 0 Å². The Morgan fingerprint density at radius 1 is 1.19 bits per heavy atom. The van der Waals surface area contributed by atoms with E-state index in [4.69, 9.17) is 4.74 Å². The van der Waals surface area contributed by atoms with E-state index in [0.717, 1.165) is 38.4 Å². The van der Waals surface area contributed by atoms with Crippen LogP contribution in [0.1, 0.15) is 42.5 Å². The van der Waals surface area contributed by atoms with Gasteiger partial charge in [0.25, 0.3) is 5.91 Å². The molecule has 1 aromatic carbocycles. The molecule has 1 amide bonds. The third-order valence-electron chi connectivity index (χ3n) is 6.09. The first-order chi connectivity index (χ1) is 12.2. The van der Waals surface area contributed by atoms with Crippen molar-refractivity contribution < 1.29 is 23.1 Å². The van der Waals surface area contributed by atoms with Gasteiger partial charge in [0.15, 0.2) is 15.8 Å². The molecule has 0 radical (unpaired) electrons. The topological polar surface area (TPSA) is 92.7 Å². The van der Waals surface area contributed by atoms with Crippen molar-refractivity contribution in [1.82, 2.24) is 5.32 Å². The first-order valence-corrected chi connectivity index (χ1v) is 11.2. The first-order valence-electron chi connectivity index (χ1n) is 9.15. The minimum Gasteiger partial charge on any atom is -0.478 e. The van der Waals surface area contributed by atoms with Gasteiger partial charge in [0.1, 0.15) is 5.75 Å². The fourth-order valence-electron chi connectivity index (χ4n) is 5.33. The van der Waals surface area contributed by atoms with Crippen LogP contribution in [-0.2, 0) is 9.84 Å². The smallest absolute Gasteiger partial charge is 0.251 e. The Hall–Kier alpha value is -1.60. The summed E-state index contributed by atoms with van der Waals surface area (Å²) in [5.41, 5.74) is 0.0280. The lowest BCUT2D eigenvalue weighted by Gasteiger charge is -2.58. The maximum Gasteiger partial charge on any atom is 0.251 e. The first kappa shape index (κ1) is 17.8. The zero-order valence-electron chi connectivity index (χ0n) is 14.8. The fraction of sp³-hybridized carbons (Fsp3) is 0.632. The van der Waals surface area contributed by atoms with Crippen molar-refractivity contribution in [2.75, 3.05) is 12.2 Å². The van der Waals surface area contributed by atoms with Crippen molar-refractivity contribution in [3.8, 4) is 5.75 Å². The van der Waals surface area contributed by atoms with Crippen LogP contribution < -0.4 is 10.1 Å². The summed E-state index contributed by atoms with van der Waals surface area (Å²) in [7, 11) is -3.20. The van der Waals surface area contributed by atoms with Crippen molar-refractivity contribution >= 4 is 15.7 Å². The number of hydrogen-bond donors (Lipinski definition) is 2. The van der Waals surface area contributed by atoms with Crippen LogP contribution in [0.4, 0.5) is 0 Å². The second-order valence-electron chi connectivity index (χ2n) is 8.41. The number of nitrogens with one attached hydrogen (secondary N) is 1. The molecule has 0 saturated heterocycles. The average molecular weight is 379 g/mol. The predicted molar refractivity (Wildman–Crippen MR) is 96.5 cm³/mol. The summed E-state index contributed by atoms with van der Waals surface area (Å²) in [5, 5.41) is 13.8. The van der Waals surface area contributed by atoms with Gasteiger partial charge in [-0.3, -0.25) is 4.79 Å². The summed E-state index contributed by atoms with van der Waals surface area (Å²) >= 11 is 0. The highest BCUT2D eigenvalue weighted by molar-refractivity contribution is 7.90. The minimum absolute atomic E-state index is 0.121. The molecule has 142 valence electrons. The number of benzene rings is 1. The Labute approximate surface area is 153 Å².